The molecule has 1 aromatic rings. The van der Waals surface area contributed by atoms with Crippen molar-refractivity contribution in [3.8, 4) is 0 Å². The Morgan fingerprint density at radius 1 is 1.31 bits per heavy atom. The summed E-state index contributed by atoms with van der Waals surface area (Å²) in [5.74, 6) is -0.156. The first kappa shape index (κ1) is 12.0. The molecule has 1 aliphatic rings. The molecule has 1 saturated carbocycles. The Kier molecular flexibility index (Phi) is 4.32. The molecular formula is C12H16BrFN2. The Hall–Kier alpha value is -0.450. The molecule has 0 bridgehead atoms. The van der Waals surface area contributed by atoms with Gasteiger partial charge in [0.2, 0.25) is 0 Å². The molecule has 2 N–H and O–H groups in total. The SMILES string of the molecule is Fc1cc(Br)ccc1CNCCNC1CC1. The van der Waals surface area contributed by atoms with E-state index >= 15 is 0 Å². The number of hydrogen-bond donors (Lipinski definition) is 2. The van der Waals surface area contributed by atoms with Crippen molar-refractivity contribution in [2.24, 2.45) is 0 Å². The molecule has 0 radical (unpaired) electrons. The smallest absolute Gasteiger partial charge is 0.128 e. The maximum atomic E-state index is 13.4. The van der Waals surface area contributed by atoms with Crippen molar-refractivity contribution >= 4 is 15.9 Å². The first-order chi connectivity index (χ1) is 7.75. The third kappa shape index (κ3) is 3.85. The van der Waals surface area contributed by atoms with Crippen molar-refractivity contribution < 1.29 is 4.39 Å². The summed E-state index contributed by atoms with van der Waals surface area (Å²) in [6.07, 6.45) is 2.61. The minimum absolute atomic E-state index is 0.156. The highest BCUT2D eigenvalue weighted by atomic mass is 79.9. The van der Waals surface area contributed by atoms with Crippen LogP contribution in [0, 0.1) is 5.82 Å². The molecule has 2 rings (SSSR count). The van der Waals surface area contributed by atoms with E-state index in [4.69, 9.17) is 0 Å². The van der Waals surface area contributed by atoms with E-state index in [0.717, 1.165) is 29.2 Å². The average Bonchev–Trinajstić information content (AvgIpc) is 3.04. The van der Waals surface area contributed by atoms with Gasteiger partial charge in [0, 0.05) is 35.7 Å². The van der Waals surface area contributed by atoms with Gasteiger partial charge in [-0.3, -0.25) is 0 Å². The zero-order valence-corrected chi connectivity index (χ0v) is 10.7. The van der Waals surface area contributed by atoms with Crippen LogP contribution in [0.2, 0.25) is 0 Å². The molecule has 88 valence electrons. The first-order valence-corrected chi connectivity index (χ1v) is 6.43. The van der Waals surface area contributed by atoms with Crippen molar-refractivity contribution in [1.29, 1.82) is 0 Å². The second-order valence-electron chi connectivity index (χ2n) is 4.14. The Morgan fingerprint density at radius 2 is 2.12 bits per heavy atom. The van der Waals surface area contributed by atoms with Crippen molar-refractivity contribution in [1.82, 2.24) is 10.6 Å². The normalized spacial score (nSPS) is 15.4. The second-order valence-corrected chi connectivity index (χ2v) is 5.06. The molecule has 0 aliphatic heterocycles. The molecule has 2 nitrogen and oxygen atoms in total. The summed E-state index contributed by atoms with van der Waals surface area (Å²) in [5, 5.41) is 6.63. The Bertz CT molecular complexity index is 353. The van der Waals surface area contributed by atoms with Crippen LogP contribution >= 0.6 is 15.9 Å². The van der Waals surface area contributed by atoms with Gasteiger partial charge in [0.1, 0.15) is 5.82 Å². The van der Waals surface area contributed by atoms with Gasteiger partial charge in [-0.2, -0.15) is 0 Å². The van der Waals surface area contributed by atoms with E-state index in [1.165, 1.54) is 18.9 Å². The van der Waals surface area contributed by atoms with E-state index in [0.29, 0.717) is 6.54 Å². The predicted molar refractivity (Wildman–Crippen MR) is 66.8 cm³/mol. The molecule has 0 saturated heterocycles. The van der Waals surface area contributed by atoms with Crippen LogP contribution in [0.5, 0.6) is 0 Å². The van der Waals surface area contributed by atoms with Crippen LogP contribution in [0.15, 0.2) is 22.7 Å². The quantitative estimate of drug-likeness (QED) is 0.785. The summed E-state index contributed by atoms with van der Waals surface area (Å²) in [7, 11) is 0. The molecular weight excluding hydrogens is 271 g/mol. The molecule has 0 amide bonds. The van der Waals surface area contributed by atoms with E-state index in [9.17, 15) is 4.39 Å². The minimum atomic E-state index is -0.156. The van der Waals surface area contributed by atoms with Crippen molar-refractivity contribution in [3.63, 3.8) is 0 Å². The monoisotopic (exact) mass is 286 g/mol. The van der Waals surface area contributed by atoms with E-state index in [1.807, 2.05) is 6.07 Å². The van der Waals surface area contributed by atoms with Crippen molar-refractivity contribution in [2.45, 2.75) is 25.4 Å². The standard InChI is InChI=1S/C12H16BrFN2/c13-10-2-1-9(12(14)7-10)8-15-5-6-16-11-3-4-11/h1-2,7,11,15-16H,3-6,8H2. The van der Waals surface area contributed by atoms with Gasteiger partial charge in [-0.15, -0.1) is 0 Å². The highest BCUT2D eigenvalue weighted by molar-refractivity contribution is 9.10. The van der Waals surface area contributed by atoms with Crippen molar-refractivity contribution in [3.05, 3.63) is 34.1 Å². The molecule has 1 fully saturated rings. The summed E-state index contributed by atoms with van der Waals surface area (Å²) < 4.78 is 14.2. The number of benzene rings is 1. The summed E-state index contributed by atoms with van der Waals surface area (Å²) in [6.45, 7) is 2.43. The Morgan fingerprint density at radius 3 is 2.81 bits per heavy atom. The van der Waals surface area contributed by atoms with Gasteiger partial charge in [-0.1, -0.05) is 22.0 Å². The van der Waals surface area contributed by atoms with Gasteiger partial charge >= 0.3 is 0 Å². The number of halogens is 2. The molecule has 0 unspecified atom stereocenters. The van der Waals surface area contributed by atoms with E-state index in [-0.39, 0.29) is 5.82 Å². The number of hydrogen-bond acceptors (Lipinski definition) is 2. The van der Waals surface area contributed by atoms with Gasteiger partial charge in [0.05, 0.1) is 0 Å². The van der Waals surface area contributed by atoms with Gasteiger partial charge in [-0.25, -0.2) is 4.39 Å². The average molecular weight is 287 g/mol. The maximum absolute atomic E-state index is 13.4. The predicted octanol–water partition coefficient (Wildman–Crippen LogP) is 2.43. The largest absolute Gasteiger partial charge is 0.313 e. The third-order valence-corrected chi connectivity index (χ3v) is 3.14. The van der Waals surface area contributed by atoms with Crippen LogP contribution in [0.1, 0.15) is 18.4 Å². The molecule has 1 aliphatic carbocycles. The zero-order chi connectivity index (χ0) is 11.4. The molecule has 0 aromatic heterocycles. The summed E-state index contributed by atoms with van der Waals surface area (Å²) >= 11 is 3.24. The lowest BCUT2D eigenvalue weighted by Crippen LogP contribution is -2.28. The van der Waals surface area contributed by atoms with E-state index < -0.39 is 0 Å². The van der Waals surface area contributed by atoms with Crippen LogP contribution in [-0.2, 0) is 6.54 Å². The highest BCUT2D eigenvalue weighted by Crippen LogP contribution is 2.18. The van der Waals surface area contributed by atoms with Gasteiger partial charge in [0.25, 0.3) is 0 Å². The maximum Gasteiger partial charge on any atom is 0.128 e. The second kappa shape index (κ2) is 5.75. The van der Waals surface area contributed by atoms with Crippen molar-refractivity contribution in [2.75, 3.05) is 13.1 Å². The van der Waals surface area contributed by atoms with Gasteiger partial charge in [-0.05, 0) is 25.0 Å². The fourth-order valence-electron chi connectivity index (χ4n) is 1.54. The number of rotatable bonds is 6. The summed E-state index contributed by atoms with van der Waals surface area (Å²) in [5.41, 5.74) is 0.717. The molecule has 0 atom stereocenters. The van der Waals surface area contributed by atoms with Crippen LogP contribution < -0.4 is 10.6 Å². The van der Waals surface area contributed by atoms with Crippen LogP contribution in [0.3, 0.4) is 0 Å². The fourth-order valence-corrected chi connectivity index (χ4v) is 1.87. The Labute approximate surface area is 104 Å². The zero-order valence-electron chi connectivity index (χ0n) is 9.10. The molecule has 1 aromatic carbocycles. The lowest BCUT2D eigenvalue weighted by atomic mass is 10.2. The third-order valence-electron chi connectivity index (χ3n) is 2.64. The summed E-state index contributed by atoms with van der Waals surface area (Å²) in [4.78, 5) is 0. The highest BCUT2D eigenvalue weighted by Gasteiger charge is 2.19. The fraction of sp³-hybridized carbons (Fsp3) is 0.500. The minimum Gasteiger partial charge on any atom is -0.313 e. The molecule has 0 spiro atoms. The Balaban J connectivity index is 1.67. The van der Waals surface area contributed by atoms with E-state index in [1.54, 1.807) is 6.07 Å². The topological polar surface area (TPSA) is 24.1 Å². The van der Waals surface area contributed by atoms with Crippen LogP contribution in [-0.4, -0.2) is 19.1 Å². The molecule has 0 heterocycles. The first-order valence-electron chi connectivity index (χ1n) is 5.64. The van der Waals surface area contributed by atoms with Crippen LogP contribution in [0.4, 0.5) is 4.39 Å². The molecule has 4 heteroatoms. The lowest BCUT2D eigenvalue weighted by Gasteiger charge is -2.07. The van der Waals surface area contributed by atoms with Gasteiger partial charge in [0.15, 0.2) is 0 Å². The number of nitrogens with one attached hydrogen (secondary N) is 2. The molecule has 16 heavy (non-hydrogen) atoms. The summed E-state index contributed by atoms with van der Waals surface area (Å²) in [6, 6.07) is 5.91. The van der Waals surface area contributed by atoms with E-state index in [2.05, 4.69) is 26.6 Å². The lowest BCUT2D eigenvalue weighted by molar-refractivity contribution is 0.572. The van der Waals surface area contributed by atoms with Crippen LogP contribution in [0.25, 0.3) is 0 Å². The van der Waals surface area contributed by atoms with Gasteiger partial charge < -0.3 is 10.6 Å².